The number of hydrogen-bond donors (Lipinski definition) is 1. The van der Waals surface area contributed by atoms with E-state index in [1.165, 1.54) is 4.31 Å². The van der Waals surface area contributed by atoms with Crippen molar-refractivity contribution >= 4 is 21.4 Å². The molecule has 0 saturated carbocycles. The van der Waals surface area contributed by atoms with E-state index in [1.807, 2.05) is 0 Å². The fraction of sp³-hybridized carbons (Fsp3) is 0.333. The molecule has 3 rings (SSSR count). The Morgan fingerprint density at radius 1 is 1.15 bits per heavy atom. The number of nitrogens with one attached hydrogen (secondary N) is 1. The molecular formula is C18H20FN3O4S. The van der Waals surface area contributed by atoms with Gasteiger partial charge < -0.3 is 5.32 Å². The predicted molar refractivity (Wildman–Crippen MR) is 99.5 cm³/mol. The number of hydrogen-bond acceptors (Lipinski definition) is 5. The fourth-order valence-electron chi connectivity index (χ4n) is 3.16. The molecule has 9 heteroatoms. The van der Waals surface area contributed by atoms with E-state index in [-0.39, 0.29) is 22.2 Å². The van der Waals surface area contributed by atoms with Crippen molar-refractivity contribution in [2.24, 2.45) is 5.92 Å². The molecule has 27 heavy (non-hydrogen) atoms. The minimum atomic E-state index is -3.50. The van der Waals surface area contributed by atoms with E-state index in [1.54, 1.807) is 30.3 Å². The van der Waals surface area contributed by atoms with Gasteiger partial charge in [0, 0.05) is 31.8 Å². The van der Waals surface area contributed by atoms with Gasteiger partial charge in [-0.15, -0.1) is 0 Å². The lowest BCUT2D eigenvalue weighted by Crippen LogP contribution is -2.39. The molecule has 0 aliphatic carbocycles. The van der Waals surface area contributed by atoms with Gasteiger partial charge in [0.15, 0.2) is 0 Å². The summed E-state index contributed by atoms with van der Waals surface area (Å²) in [6.45, 7) is 1.19. The lowest BCUT2D eigenvalue weighted by atomic mass is 9.98. The van der Waals surface area contributed by atoms with Crippen LogP contribution in [-0.2, 0) is 10.0 Å². The van der Waals surface area contributed by atoms with E-state index >= 15 is 0 Å². The third-order valence-electron chi connectivity index (χ3n) is 4.69. The molecule has 0 radical (unpaired) electrons. The van der Waals surface area contributed by atoms with Crippen molar-refractivity contribution in [3.63, 3.8) is 0 Å². The average Bonchev–Trinajstić information content (AvgIpc) is 2.67. The number of halogens is 1. The van der Waals surface area contributed by atoms with Gasteiger partial charge in [0.05, 0.1) is 9.82 Å². The molecule has 2 aromatic rings. The first kappa shape index (κ1) is 19.2. The van der Waals surface area contributed by atoms with E-state index in [2.05, 4.69) is 5.32 Å². The standard InChI is InChI=1S/C18H20FN3O4S/c19-15-6-7-18(22(23)24)17(12-15)20-13-14-8-10-21(11-9-14)27(25,26)16-4-2-1-3-5-16/h1-7,12,14,20H,8-11,13H2. The molecule has 0 aromatic heterocycles. The van der Waals surface area contributed by atoms with Gasteiger partial charge >= 0.3 is 0 Å². The summed E-state index contributed by atoms with van der Waals surface area (Å²) in [5, 5.41) is 14.0. The number of nitro benzene ring substituents is 1. The molecule has 0 bridgehead atoms. The first-order chi connectivity index (χ1) is 12.9. The van der Waals surface area contributed by atoms with Gasteiger partial charge in [-0.05, 0) is 37.0 Å². The monoisotopic (exact) mass is 393 g/mol. The molecule has 1 fully saturated rings. The topological polar surface area (TPSA) is 92.6 Å². The molecule has 0 spiro atoms. The molecular weight excluding hydrogens is 373 g/mol. The number of sulfonamides is 1. The van der Waals surface area contributed by atoms with Crippen molar-refractivity contribution in [3.8, 4) is 0 Å². The van der Waals surface area contributed by atoms with E-state index in [4.69, 9.17) is 0 Å². The number of rotatable bonds is 6. The molecule has 2 aromatic carbocycles. The number of nitro groups is 1. The van der Waals surface area contributed by atoms with Crippen molar-refractivity contribution < 1.29 is 17.7 Å². The molecule has 0 unspecified atom stereocenters. The van der Waals surface area contributed by atoms with Crippen LogP contribution in [-0.4, -0.2) is 37.3 Å². The van der Waals surface area contributed by atoms with Gasteiger partial charge in [0.1, 0.15) is 11.5 Å². The minimum Gasteiger partial charge on any atom is -0.379 e. The van der Waals surface area contributed by atoms with Gasteiger partial charge in [-0.1, -0.05) is 18.2 Å². The Bertz CT molecular complexity index is 913. The lowest BCUT2D eigenvalue weighted by molar-refractivity contribution is -0.384. The fourth-order valence-corrected chi connectivity index (χ4v) is 4.65. The molecule has 1 heterocycles. The number of benzene rings is 2. The van der Waals surface area contributed by atoms with E-state index in [9.17, 15) is 22.9 Å². The summed E-state index contributed by atoms with van der Waals surface area (Å²) in [6.07, 6.45) is 1.25. The van der Waals surface area contributed by atoms with E-state index < -0.39 is 20.8 Å². The maximum absolute atomic E-state index is 13.4. The average molecular weight is 393 g/mol. The van der Waals surface area contributed by atoms with Crippen molar-refractivity contribution in [2.45, 2.75) is 17.7 Å². The van der Waals surface area contributed by atoms with Crippen LogP contribution in [0.25, 0.3) is 0 Å². The van der Waals surface area contributed by atoms with Gasteiger partial charge in [-0.25, -0.2) is 12.8 Å². The summed E-state index contributed by atoms with van der Waals surface area (Å²) in [4.78, 5) is 10.8. The van der Waals surface area contributed by atoms with Crippen LogP contribution < -0.4 is 5.32 Å². The Balaban J connectivity index is 1.59. The Labute approximate surface area is 157 Å². The minimum absolute atomic E-state index is 0.138. The SMILES string of the molecule is O=[N+]([O-])c1ccc(F)cc1NCC1CCN(S(=O)(=O)c2ccccc2)CC1. The highest BCUT2D eigenvalue weighted by Gasteiger charge is 2.29. The summed E-state index contributed by atoms with van der Waals surface area (Å²) >= 11 is 0. The molecule has 144 valence electrons. The summed E-state index contributed by atoms with van der Waals surface area (Å²) in [6, 6.07) is 11.6. The van der Waals surface area contributed by atoms with Crippen molar-refractivity contribution in [1.29, 1.82) is 0 Å². The number of nitrogens with zero attached hydrogens (tertiary/aromatic N) is 2. The van der Waals surface area contributed by atoms with Crippen LogP contribution in [0.5, 0.6) is 0 Å². The highest BCUT2D eigenvalue weighted by Crippen LogP contribution is 2.27. The van der Waals surface area contributed by atoms with Crippen LogP contribution in [0.4, 0.5) is 15.8 Å². The Morgan fingerprint density at radius 3 is 2.44 bits per heavy atom. The second-order valence-electron chi connectivity index (χ2n) is 6.46. The van der Waals surface area contributed by atoms with Crippen molar-refractivity contribution in [3.05, 3.63) is 64.5 Å². The molecule has 1 aliphatic rings. The third-order valence-corrected chi connectivity index (χ3v) is 6.60. The summed E-state index contributed by atoms with van der Waals surface area (Å²) in [7, 11) is -3.50. The van der Waals surface area contributed by atoms with Gasteiger partial charge in [-0.2, -0.15) is 4.31 Å². The predicted octanol–water partition coefficient (Wildman–Crippen LogP) is 3.25. The van der Waals surface area contributed by atoms with Gasteiger partial charge in [0.2, 0.25) is 10.0 Å². The van der Waals surface area contributed by atoms with Crippen molar-refractivity contribution in [2.75, 3.05) is 25.0 Å². The van der Waals surface area contributed by atoms with Crippen LogP contribution >= 0.6 is 0 Å². The molecule has 0 amide bonds. The lowest BCUT2D eigenvalue weighted by Gasteiger charge is -2.31. The summed E-state index contributed by atoms with van der Waals surface area (Å²) in [5.41, 5.74) is -0.0418. The van der Waals surface area contributed by atoms with Crippen LogP contribution in [0.3, 0.4) is 0 Å². The highest BCUT2D eigenvalue weighted by molar-refractivity contribution is 7.89. The quantitative estimate of drug-likeness (QED) is 0.601. The smallest absolute Gasteiger partial charge is 0.292 e. The highest BCUT2D eigenvalue weighted by atomic mass is 32.2. The second kappa shape index (κ2) is 8.01. The third kappa shape index (κ3) is 4.42. The molecule has 1 saturated heterocycles. The zero-order chi connectivity index (χ0) is 19.4. The van der Waals surface area contributed by atoms with E-state index in [0.29, 0.717) is 32.5 Å². The molecule has 0 atom stereocenters. The summed E-state index contributed by atoms with van der Waals surface area (Å²) < 4.78 is 40.1. The number of piperidine rings is 1. The zero-order valence-electron chi connectivity index (χ0n) is 14.5. The van der Waals surface area contributed by atoms with Crippen LogP contribution in [0.15, 0.2) is 53.4 Å². The maximum Gasteiger partial charge on any atom is 0.292 e. The first-order valence-electron chi connectivity index (χ1n) is 8.61. The Kier molecular flexibility index (Phi) is 5.71. The maximum atomic E-state index is 13.4. The van der Waals surface area contributed by atoms with E-state index in [0.717, 1.165) is 18.2 Å². The van der Waals surface area contributed by atoms with Gasteiger partial charge in [0.25, 0.3) is 5.69 Å². The Morgan fingerprint density at radius 2 is 1.81 bits per heavy atom. The normalized spacial score (nSPS) is 16.2. The van der Waals surface area contributed by atoms with Crippen molar-refractivity contribution in [1.82, 2.24) is 4.31 Å². The Hall–Kier alpha value is -2.52. The summed E-state index contributed by atoms with van der Waals surface area (Å²) in [5.74, 6) is -0.401. The van der Waals surface area contributed by atoms with Crippen LogP contribution in [0.1, 0.15) is 12.8 Å². The zero-order valence-corrected chi connectivity index (χ0v) is 15.4. The molecule has 1 aliphatic heterocycles. The first-order valence-corrected chi connectivity index (χ1v) is 10.0. The second-order valence-corrected chi connectivity index (χ2v) is 8.40. The number of anilines is 1. The van der Waals surface area contributed by atoms with Crippen LogP contribution in [0, 0.1) is 21.8 Å². The van der Waals surface area contributed by atoms with Gasteiger partial charge in [-0.3, -0.25) is 10.1 Å². The largest absolute Gasteiger partial charge is 0.379 e. The molecule has 7 nitrogen and oxygen atoms in total. The molecule has 1 N–H and O–H groups in total. The van der Waals surface area contributed by atoms with Crippen LogP contribution in [0.2, 0.25) is 0 Å².